The van der Waals surface area contributed by atoms with Crippen LogP contribution in [0.5, 0.6) is 5.75 Å². The number of fused-ring (bicyclic) bond motifs is 1. The molecule has 4 aliphatic heterocycles. The van der Waals surface area contributed by atoms with E-state index in [0.29, 0.717) is 42.3 Å². The highest BCUT2D eigenvalue weighted by Gasteiger charge is 2.39. The smallest absolute Gasteiger partial charge is 0.272 e. The van der Waals surface area contributed by atoms with E-state index in [0.717, 1.165) is 71.6 Å². The van der Waals surface area contributed by atoms with Crippen molar-refractivity contribution in [3.8, 4) is 5.75 Å². The van der Waals surface area contributed by atoms with Gasteiger partial charge in [0.1, 0.15) is 22.6 Å². The van der Waals surface area contributed by atoms with E-state index in [2.05, 4.69) is 57.7 Å². The van der Waals surface area contributed by atoms with Gasteiger partial charge in [0.2, 0.25) is 11.8 Å². The van der Waals surface area contributed by atoms with Gasteiger partial charge in [-0.15, -0.1) is 10.2 Å². The van der Waals surface area contributed by atoms with Crippen LogP contribution in [0.3, 0.4) is 0 Å². The number of benzene rings is 3. The summed E-state index contributed by atoms with van der Waals surface area (Å²) in [6, 6.07) is 23.3. The Morgan fingerprint density at radius 3 is 2.36 bits per heavy atom. The SMILES string of the molecule is CC1(N)CCN(c2cnc(Sc3cccc(NC(=O)COc4ccc(N5CCN(c6ccc(C(=O)NCc7ccc8c(c7)CN(C7CCC(=O)NC7=O)C8=O)nn6)CC5)cc4)c3)cn2)CC1. The van der Waals surface area contributed by atoms with Gasteiger partial charge in [0.25, 0.3) is 17.7 Å². The van der Waals surface area contributed by atoms with Crippen molar-refractivity contribution in [1.29, 1.82) is 0 Å². The van der Waals surface area contributed by atoms with Crippen LogP contribution in [0, 0.1) is 0 Å². The number of hydrogen-bond donors (Lipinski definition) is 4. The monoisotopic (exact) mass is 910 g/mol. The normalized spacial score (nSPS) is 18.2. The van der Waals surface area contributed by atoms with Crippen LogP contribution in [0.25, 0.3) is 0 Å². The fourth-order valence-corrected chi connectivity index (χ4v) is 9.23. The molecule has 5 N–H and O–H groups in total. The van der Waals surface area contributed by atoms with Crippen LogP contribution in [-0.4, -0.2) is 112 Å². The zero-order valence-corrected chi connectivity index (χ0v) is 37.3. The highest BCUT2D eigenvalue weighted by atomic mass is 32.2. The molecule has 5 aromatic rings. The first-order valence-electron chi connectivity index (χ1n) is 22.0. The highest BCUT2D eigenvalue weighted by molar-refractivity contribution is 7.99. The Kier molecular flexibility index (Phi) is 12.8. The minimum atomic E-state index is -0.687. The van der Waals surface area contributed by atoms with Crippen molar-refractivity contribution in [2.75, 3.05) is 65.9 Å². The van der Waals surface area contributed by atoms with Gasteiger partial charge in [-0.1, -0.05) is 30.0 Å². The second kappa shape index (κ2) is 19.2. The second-order valence-corrected chi connectivity index (χ2v) is 18.2. The molecular weight excluding hydrogens is 861 g/mol. The van der Waals surface area contributed by atoms with Gasteiger partial charge in [0, 0.05) is 86.2 Å². The zero-order chi connectivity index (χ0) is 45.8. The van der Waals surface area contributed by atoms with Crippen LogP contribution in [-0.2, 0) is 27.5 Å². The molecule has 2 aromatic heterocycles. The topological polar surface area (TPSA) is 221 Å². The molecule has 3 fully saturated rings. The molecule has 1 atom stereocenters. The van der Waals surface area contributed by atoms with Gasteiger partial charge in [-0.25, -0.2) is 9.97 Å². The quantitative estimate of drug-likeness (QED) is 0.124. The summed E-state index contributed by atoms with van der Waals surface area (Å²) in [7, 11) is 0. The van der Waals surface area contributed by atoms with Gasteiger partial charge in [-0.3, -0.25) is 29.3 Å². The summed E-state index contributed by atoms with van der Waals surface area (Å²) in [6.07, 6.45) is 5.89. The number of ether oxygens (including phenoxy) is 1. The maximum Gasteiger partial charge on any atom is 0.272 e. The average molecular weight is 911 g/mol. The van der Waals surface area contributed by atoms with Crippen molar-refractivity contribution in [3.63, 3.8) is 0 Å². The van der Waals surface area contributed by atoms with Crippen molar-refractivity contribution in [1.82, 2.24) is 35.7 Å². The first-order valence-corrected chi connectivity index (χ1v) is 22.8. The van der Waals surface area contributed by atoms with Crippen molar-refractivity contribution in [2.45, 2.75) is 67.2 Å². The number of nitrogens with two attached hydrogens (primary N) is 1. The lowest BCUT2D eigenvalue weighted by Gasteiger charge is -2.37. The molecule has 1 unspecified atom stereocenters. The van der Waals surface area contributed by atoms with Crippen molar-refractivity contribution >= 4 is 64.3 Å². The molecule has 3 saturated heterocycles. The number of rotatable bonds is 13. The van der Waals surface area contributed by atoms with Crippen molar-refractivity contribution < 1.29 is 28.7 Å². The lowest BCUT2D eigenvalue weighted by Crippen LogP contribution is -2.52. The van der Waals surface area contributed by atoms with Crippen LogP contribution in [0.2, 0.25) is 0 Å². The number of hydrogen-bond acceptors (Lipinski definition) is 15. The molecule has 0 bridgehead atoms. The molecule has 66 heavy (non-hydrogen) atoms. The van der Waals surface area contributed by atoms with Crippen molar-refractivity contribution in [3.05, 3.63) is 114 Å². The molecule has 0 saturated carbocycles. The maximum atomic E-state index is 13.0. The largest absolute Gasteiger partial charge is 0.484 e. The molecule has 4 aliphatic rings. The van der Waals surface area contributed by atoms with Crippen molar-refractivity contribution in [2.24, 2.45) is 5.73 Å². The molecule has 9 rings (SSSR count). The summed E-state index contributed by atoms with van der Waals surface area (Å²) in [6.45, 7) is 7.03. The van der Waals surface area contributed by atoms with E-state index < -0.39 is 11.9 Å². The van der Waals surface area contributed by atoms with E-state index >= 15 is 0 Å². The summed E-state index contributed by atoms with van der Waals surface area (Å²) in [5.41, 5.74) is 10.1. The summed E-state index contributed by atoms with van der Waals surface area (Å²) < 4.78 is 5.82. The lowest BCUT2D eigenvalue weighted by molar-refractivity contribution is -0.137. The van der Waals surface area contributed by atoms with Gasteiger partial charge < -0.3 is 40.7 Å². The van der Waals surface area contributed by atoms with Gasteiger partial charge in [-0.05, 0) is 98.0 Å². The Labute approximate surface area is 385 Å². The number of piperidine rings is 2. The number of nitrogens with one attached hydrogen (secondary N) is 3. The van der Waals surface area contributed by atoms with Crippen LogP contribution < -0.4 is 41.1 Å². The number of piperazine rings is 1. The molecule has 3 aromatic carbocycles. The van der Waals surface area contributed by atoms with Crippen LogP contribution in [0.4, 0.5) is 23.0 Å². The number of anilines is 4. The number of imide groups is 1. The maximum absolute atomic E-state index is 13.0. The Morgan fingerprint density at radius 2 is 1.64 bits per heavy atom. The average Bonchev–Trinajstić information content (AvgIpc) is 3.65. The Hall–Kier alpha value is -7.12. The zero-order valence-electron chi connectivity index (χ0n) is 36.4. The molecule has 340 valence electrons. The Balaban J connectivity index is 0.689. The fraction of sp³-hybridized carbons (Fsp3) is 0.340. The van der Waals surface area contributed by atoms with Gasteiger partial charge in [0.05, 0.1) is 12.4 Å². The summed E-state index contributed by atoms with van der Waals surface area (Å²) in [5.74, 6) is 0.429. The standard InChI is InChI=1S/C47H50N12O6S/c1-47(48)15-17-57(18-16-47)40-26-50-43(27-49-40)66-35-4-2-3-32(24-35)52-42(61)29-65-34-8-6-33(7-9-34)56-19-21-58(22-20-56)39-13-11-37(54-55-39)44(62)51-25-30-5-10-36-31(23-30)28-59(46(36)64)38-12-14-41(60)53-45(38)63/h2-11,13,23-24,26-27,38H,12,14-22,25,28-29,48H2,1H3,(H,51,62)(H,52,61)(H,53,60,63). The molecule has 0 spiro atoms. The molecule has 18 nitrogen and oxygen atoms in total. The third kappa shape index (κ3) is 10.4. The lowest BCUT2D eigenvalue weighted by atomic mass is 9.91. The number of carbonyl (C=O) groups excluding carboxylic acids is 5. The van der Waals surface area contributed by atoms with Crippen LogP contribution in [0.15, 0.2) is 101 Å². The number of aromatic nitrogens is 4. The van der Waals surface area contributed by atoms with Gasteiger partial charge >= 0.3 is 0 Å². The molecular formula is C47H50N12O6S. The summed E-state index contributed by atoms with van der Waals surface area (Å²) in [4.78, 5) is 81.1. The van der Waals surface area contributed by atoms with Crippen LogP contribution in [0.1, 0.15) is 64.6 Å². The third-order valence-corrected chi connectivity index (χ3v) is 13.2. The van der Waals surface area contributed by atoms with E-state index in [9.17, 15) is 24.0 Å². The van der Waals surface area contributed by atoms with E-state index in [4.69, 9.17) is 10.5 Å². The Bertz CT molecular complexity index is 2610. The fourth-order valence-electron chi connectivity index (χ4n) is 8.45. The van der Waals surface area contributed by atoms with Crippen LogP contribution >= 0.6 is 11.8 Å². The second-order valence-electron chi connectivity index (χ2n) is 17.1. The van der Waals surface area contributed by atoms with Gasteiger partial charge in [-0.2, -0.15) is 0 Å². The minimum Gasteiger partial charge on any atom is -0.484 e. The Morgan fingerprint density at radius 1 is 0.864 bits per heavy atom. The van der Waals surface area contributed by atoms with E-state index in [1.54, 1.807) is 36.7 Å². The highest BCUT2D eigenvalue weighted by Crippen LogP contribution is 2.31. The van der Waals surface area contributed by atoms with Gasteiger partial charge in [0.15, 0.2) is 18.1 Å². The summed E-state index contributed by atoms with van der Waals surface area (Å²) >= 11 is 1.47. The first kappa shape index (κ1) is 44.1. The molecule has 19 heteroatoms. The number of carbonyl (C=O) groups is 5. The van der Waals surface area contributed by atoms with E-state index in [1.165, 1.54) is 16.7 Å². The molecule has 5 amide bonds. The molecule has 6 heterocycles. The molecule has 0 aliphatic carbocycles. The number of amides is 5. The van der Waals surface area contributed by atoms with E-state index in [-0.39, 0.29) is 61.0 Å². The molecule has 0 radical (unpaired) electrons. The predicted octanol–water partition coefficient (Wildman–Crippen LogP) is 3.77. The number of nitrogens with zero attached hydrogens (tertiary/aromatic N) is 8. The minimum absolute atomic E-state index is 0.128. The predicted molar refractivity (Wildman–Crippen MR) is 247 cm³/mol. The van der Waals surface area contributed by atoms with E-state index in [1.807, 2.05) is 54.6 Å². The summed E-state index contributed by atoms with van der Waals surface area (Å²) in [5, 5.41) is 17.4. The first-order chi connectivity index (χ1) is 31.9. The third-order valence-electron chi connectivity index (χ3n) is 12.3.